The van der Waals surface area contributed by atoms with Gasteiger partial charge in [0.15, 0.2) is 9.75 Å². The molecule has 0 aromatic heterocycles. The molecule has 1 saturated carbocycles. The van der Waals surface area contributed by atoms with Gasteiger partial charge in [-0.05, 0) is 61.2 Å². The van der Waals surface area contributed by atoms with Crippen LogP contribution in [-0.2, 0) is 19.2 Å². The summed E-state index contributed by atoms with van der Waals surface area (Å²) >= 11 is 17.9. The van der Waals surface area contributed by atoms with Gasteiger partial charge in [0.25, 0.3) is 11.8 Å². The van der Waals surface area contributed by atoms with E-state index in [4.69, 9.17) is 27.9 Å². The van der Waals surface area contributed by atoms with Gasteiger partial charge in [-0.25, -0.2) is 0 Å². The number of halogens is 3. The first-order valence-electron chi connectivity index (χ1n) is 15.3. The first-order valence-corrected chi connectivity index (χ1v) is 17.2. The van der Waals surface area contributed by atoms with Gasteiger partial charge in [0.05, 0.1) is 29.6 Å². The van der Waals surface area contributed by atoms with Gasteiger partial charge in [0, 0.05) is 22.9 Å². The first-order chi connectivity index (χ1) is 22.7. The summed E-state index contributed by atoms with van der Waals surface area (Å²) in [5.74, 6) is -4.79. The van der Waals surface area contributed by atoms with Crippen molar-refractivity contribution in [2.24, 2.45) is 17.8 Å². The minimum Gasteiger partial charge on any atom is -0.491 e. The molecule has 3 aromatic rings. The van der Waals surface area contributed by atoms with Crippen LogP contribution in [0.4, 0.5) is 17.1 Å². The molecule has 2 aliphatic carbocycles. The van der Waals surface area contributed by atoms with Gasteiger partial charge >= 0.3 is 0 Å². The summed E-state index contributed by atoms with van der Waals surface area (Å²) in [6.45, 7) is -0.260. The van der Waals surface area contributed by atoms with Crippen molar-refractivity contribution in [3.05, 3.63) is 96.1 Å². The SMILES string of the molecule is O=C1C2CC=C3C(CC4(Cl)C(=O)N(CBr)C(=O)C4(Cl)C3c3ccccc3OCCO)C2C(=O)N1c1ccc(Nc2ccccc2)cc1. The van der Waals surface area contributed by atoms with Crippen LogP contribution < -0.4 is 15.0 Å². The molecule has 47 heavy (non-hydrogen) atoms. The van der Waals surface area contributed by atoms with Gasteiger partial charge in [0.2, 0.25) is 11.8 Å². The zero-order chi connectivity index (χ0) is 33.1. The Morgan fingerprint density at radius 2 is 1.55 bits per heavy atom. The highest BCUT2D eigenvalue weighted by Gasteiger charge is 2.76. The van der Waals surface area contributed by atoms with E-state index in [0.717, 1.165) is 16.3 Å². The number of hydrogen-bond acceptors (Lipinski definition) is 7. The quantitative estimate of drug-likeness (QED) is 0.132. The summed E-state index contributed by atoms with van der Waals surface area (Å²) < 4.78 is 5.88. The number of carbonyl (C=O) groups excluding carboxylic acids is 4. The van der Waals surface area contributed by atoms with E-state index in [2.05, 4.69) is 21.2 Å². The Kier molecular flexibility index (Phi) is 8.19. The fraction of sp³-hybridized carbons (Fsp3) is 0.314. The van der Waals surface area contributed by atoms with E-state index < -0.39 is 45.2 Å². The van der Waals surface area contributed by atoms with Crippen LogP contribution in [-0.4, -0.2) is 62.1 Å². The van der Waals surface area contributed by atoms with Crippen LogP contribution >= 0.6 is 39.1 Å². The lowest BCUT2D eigenvalue weighted by atomic mass is 9.56. The molecule has 0 bridgehead atoms. The second kappa shape index (κ2) is 12.1. The second-order valence-electron chi connectivity index (χ2n) is 12.1. The summed E-state index contributed by atoms with van der Waals surface area (Å²) in [7, 11) is 0. The highest BCUT2D eigenvalue weighted by atomic mass is 79.9. The van der Waals surface area contributed by atoms with E-state index in [1.54, 1.807) is 36.4 Å². The molecule has 6 atom stereocenters. The molecule has 6 unspecified atom stereocenters. The number of allylic oxidation sites excluding steroid dienone is 2. The number of likely N-dealkylation sites (tertiary alicyclic amines) is 1. The molecule has 0 spiro atoms. The van der Waals surface area contributed by atoms with Crippen LogP contribution in [0.2, 0.25) is 0 Å². The Hall–Kier alpha value is -3.70. The molecule has 7 rings (SSSR count). The molecule has 12 heteroatoms. The van der Waals surface area contributed by atoms with Gasteiger partial charge in [0.1, 0.15) is 12.4 Å². The van der Waals surface area contributed by atoms with Crippen molar-refractivity contribution in [1.82, 2.24) is 4.90 Å². The number of fused-ring (bicyclic) bond motifs is 4. The van der Waals surface area contributed by atoms with Crippen molar-refractivity contribution >= 4 is 79.8 Å². The van der Waals surface area contributed by atoms with E-state index >= 15 is 0 Å². The number of aliphatic hydroxyl groups is 1. The number of aliphatic hydroxyl groups excluding tert-OH is 1. The van der Waals surface area contributed by atoms with Gasteiger partial charge in [-0.2, -0.15) is 0 Å². The van der Waals surface area contributed by atoms with Crippen LogP contribution in [0, 0.1) is 17.8 Å². The minimum atomic E-state index is -1.94. The zero-order valence-electron chi connectivity index (χ0n) is 24.9. The number of nitrogens with one attached hydrogen (secondary N) is 1. The van der Waals surface area contributed by atoms with Gasteiger partial charge in [-0.15, -0.1) is 23.2 Å². The summed E-state index contributed by atoms with van der Waals surface area (Å²) in [4.78, 5) is 54.6. The van der Waals surface area contributed by atoms with Crippen LogP contribution in [0.15, 0.2) is 90.5 Å². The number of ether oxygens (including phenoxy) is 1. The smallest absolute Gasteiger partial charge is 0.254 e. The maximum absolute atomic E-state index is 14.3. The summed E-state index contributed by atoms with van der Waals surface area (Å²) in [5, 5.41) is 12.8. The van der Waals surface area contributed by atoms with E-state index in [1.165, 1.54) is 4.90 Å². The predicted octanol–water partition coefficient (Wildman–Crippen LogP) is 5.72. The predicted molar refractivity (Wildman–Crippen MR) is 181 cm³/mol. The lowest BCUT2D eigenvalue weighted by Gasteiger charge is -2.51. The highest BCUT2D eigenvalue weighted by Crippen LogP contribution is 2.66. The third-order valence-corrected chi connectivity index (χ3v) is 11.7. The van der Waals surface area contributed by atoms with Crippen molar-refractivity contribution in [2.75, 3.05) is 28.9 Å². The average molecular weight is 739 g/mol. The number of rotatable bonds is 8. The van der Waals surface area contributed by atoms with E-state index in [-0.39, 0.29) is 43.3 Å². The lowest BCUT2D eigenvalue weighted by molar-refractivity contribution is -0.138. The molecule has 2 N–H and O–H groups in total. The second-order valence-corrected chi connectivity index (χ2v) is 13.9. The molecule has 2 heterocycles. The van der Waals surface area contributed by atoms with Crippen molar-refractivity contribution < 1.29 is 29.0 Å². The largest absolute Gasteiger partial charge is 0.491 e. The van der Waals surface area contributed by atoms with Gasteiger partial charge < -0.3 is 15.2 Å². The van der Waals surface area contributed by atoms with Crippen LogP contribution in [0.5, 0.6) is 5.75 Å². The highest BCUT2D eigenvalue weighted by molar-refractivity contribution is 9.09. The maximum atomic E-state index is 14.3. The molecule has 0 radical (unpaired) electrons. The molecule has 9 nitrogen and oxygen atoms in total. The van der Waals surface area contributed by atoms with E-state index in [0.29, 0.717) is 22.6 Å². The summed E-state index contributed by atoms with van der Waals surface area (Å²) in [6, 6.07) is 23.7. The first kappa shape index (κ1) is 31.9. The number of anilines is 3. The Labute approximate surface area is 289 Å². The molecule has 2 saturated heterocycles. The van der Waals surface area contributed by atoms with Crippen LogP contribution in [0.1, 0.15) is 24.3 Å². The lowest BCUT2D eigenvalue weighted by Crippen LogP contribution is -2.60. The molecular formula is C35H30BrCl2N3O6. The Bertz CT molecular complexity index is 1810. The molecule has 4 aliphatic rings. The number of benzene rings is 3. The number of amides is 4. The molecule has 242 valence electrons. The molecule has 3 fully saturated rings. The monoisotopic (exact) mass is 737 g/mol. The van der Waals surface area contributed by atoms with Crippen LogP contribution in [0.3, 0.4) is 0 Å². The third kappa shape index (κ3) is 4.75. The average Bonchev–Trinajstić information content (AvgIpc) is 3.42. The number of imide groups is 2. The van der Waals surface area contributed by atoms with Crippen molar-refractivity contribution in [1.29, 1.82) is 0 Å². The number of para-hydroxylation sites is 2. The number of carbonyl (C=O) groups is 4. The topological polar surface area (TPSA) is 116 Å². The Morgan fingerprint density at radius 1 is 0.872 bits per heavy atom. The summed E-state index contributed by atoms with van der Waals surface area (Å²) in [5.41, 5.74) is 3.19. The van der Waals surface area contributed by atoms with Crippen LogP contribution in [0.25, 0.3) is 0 Å². The molecule has 3 aromatic carbocycles. The summed E-state index contributed by atoms with van der Waals surface area (Å²) in [6.07, 6.45) is 2.02. The maximum Gasteiger partial charge on any atom is 0.254 e. The number of hydrogen-bond donors (Lipinski definition) is 2. The normalized spacial score (nSPS) is 29.7. The van der Waals surface area contributed by atoms with Crippen molar-refractivity contribution in [3.63, 3.8) is 0 Å². The Balaban J connectivity index is 1.28. The Morgan fingerprint density at radius 3 is 2.26 bits per heavy atom. The number of nitrogens with zero attached hydrogens (tertiary/aromatic N) is 2. The molecule has 4 amide bonds. The fourth-order valence-electron chi connectivity index (χ4n) is 7.74. The molecular weight excluding hydrogens is 709 g/mol. The fourth-order valence-corrected chi connectivity index (χ4v) is 9.16. The van der Waals surface area contributed by atoms with E-state index in [1.807, 2.05) is 48.5 Å². The standard InChI is InChI=1S/C35H30BrCl2N3O6/c36-19-40-32(45)34(37)18-26-23(29(35(34,38)33(40)46)24-8-4-5-9-27(24)47-17-16-42)14-15-25-28(26)31(44)41(30(25)43)22-12-10-21(11-13-22)39-20-6-2-1-3-7-20/h1-14,25-26,28-29,39,42H,15-19H2. The third-order valence-electron chi connectivity index (χ3n) is 9.78. The van der Waals surface area contributed by atoms with E-state index in [9.17, 15) is 24.3 Å². The number of alkyl halides is 3. The molecule has 2 aliphatic heterocycles. The van der Waals surface area contributed by atoms with Gasteiger partial charge in [-0.3, -0.25) is 29.0 Å². The minimum absolute atomic E-state index is 0.0137. The zero-order valence-corrected chi connectivity index (χ0v) is 28.0. The van der Waals surface area contributed by atoms with Gasteiger partial charge in [-0.1, -0.05) is 64.0 Å². The van der Waals surface area contributed by atoms with Crippen molar-refractivity contribution in [2.45, 2.75) is 28.5 Å². The van der Waals surface area contributed by atoms with Crippen molar-refractivity contribution in [3.8, 4) is 5.75 Å².